The summed E-state index contributed by atoms with van der Waals surface area (Å²) in [5.41, 5.74) is -1.33. The highest BCUT2D eigenvalue weighted by molar-refractivity contribution is 6.41. The third kappa shape index (κ3) is 4.87. The normalized spacial score (nSPS) is 11.0. The number of rotatable bonds is 9. The first-order valence-corrected chi connectivity index (χ1v) is 7.10. The van der Waals surface area contributed by atoms with Gasteiger partial charge in [0.1, 0.15) is 5.78 Å². The third-order valence-corrected chi connectivity index (χ3v) is 3.44. The Balaban J connectivity index is 5.33. The van der Waals surface area contributed by atoms with Crippen LogP contribution in [0.2, 0.25) is 0 Å². The molecule has 5 heteroatoms. The summed E-state index contributed by atoms with van der Waals surface area (Å²) < 4.78 is 4.35. The highest BCUT2D eigenvalue weighted by Gasteiger charge is 2.46. The third-order valence-electron chi connectivity index (χ3n) is 3.44. The number of hydrogen-bond donors (Lipinski definition) is 0. The fourth-order valence-corrected chi connectivity index (χ4v) is 2.19. The maximum absolute atomic E-state index is 12.3. The second kappa shape index (κ2) is 8.61. The predicted octanol–water partition coefficient (Wildman–Crippen LogP) is 2.60. The summed E-state index contributed by atoms with van der Waals surface area (Å²) in [4.78, 5) is 46.8. The van der Waals surface area contributed by atoms with Gasteiger partial charge in [0.05, 0.1) is 5.41 Å². The molecule has 0 aliphatic rings. The van der Waals surface area contributed by atoms with Crippen LogP contribution in [0.5, 0.6) is 0 Å². The molecule has 0 aromatic rings. The summed E-state index contributed by atoms with van der Waals surface area (Å²) in [7, 11) is 0. The number of ketones is 2. The zero-order valence-corrected chi connectivity index (χ0v) is 12.8. The van der Waals surface area contributed by atoms with E-state index in [2.05, 4.69) is 4.74 Å². The summed E-state index contributed by atoms with van der Waals surface area (Å²) in [6, 6.07) is 0. The minimum atomic E-state index is -1.33. The Morgan fingerprint density at radius 2 is 1.35 bits per heavy atom. The molecule has 0 unspecified atom stereocenters. The standard InChI is InChI=1S/C15H24O5/c1-5-7-9-15(11(3)16,10-8-6-2)13(18)14(19)20-12(4)17/h5-10H2,1-4H3. The lowest BCUT2D eigenvalue weighted by atomic mass is 9.72. The Hall–Kier alpha value is -1.52. The number of esters is 2. The van der Waals surface area contributed by atoms with E-state index < -0.39 is 23.1 Å². The van der Waals surface area contributed by atoms with E-state index in [1.165, 1.54) is 6.92 Å². The van der Waals surface area contributed by atoms with Gasteiger partial charge >= 0.3 is 11.9 Å². The molecule has 0 N–H and O–H groups in total. The highest BCUT2D eigenvalue weighted by atomic mass is 16.6. The maximum atomic E-state index is 12.3. The monoisotopic (exact) mass is 284 g/mol. The topological polar surface area (TPSA) is 77.5 Å². The number of unbranched alkanes of at least 4 members (excludes halogenated alkanes) is 2. The number of ether oxygens (including phenoxy) is 1. The molecule has 0 aliphatic carbocycles. The summed E-state index contributed by atoms with van der Waals surface area (Å²) in [6.45, 7) is 6.27. The number of carbonyl (C=O) groups is 4. The average Bonchev–Trinajstić information content (AvgIpc) is 2.37. The predicted molar refractivity (Wildman–Crippen MR) is 73.9 cm³/mol. The van der Waals surface area contributed by atoms with Crippen molar-refractivity contribution in [2.24, 2.45) is 5.41 Å². The van der Waals surface area contributed by atoms with Crippen LogP contribution in [0.1, 0.15) is 66.2 Å². The van der Waals surface area contributed by atoms with Gasteiger partial charge in [-0.15, -0.1) is 0 Å². The summed E-state index contributed by atoms with van der Waals surface area (Å²) >= 11 is 0. The van der Waals surface area contributed by atoms with Gasteiger partial charge in [-0.1, -0.05) is 39.5 Å². The molecule has 0 aliphatic heterocycles. The van der Waals surface area contributed by atoms with E-state index in [-0.39, 0.29) is 5.78 Å². The van der Waals surface area contributed by atoms with Crippen molar-refractivity contribution in [1.82, 2.24) is 0 Å². The lowest BCUT2D eigenvalue weighted by Gasteiger charge is -2.28. The van der Waals surface area contributed by atoms with Gasteiger partial charge in [0, 0.05) is 6.92 Å². The Morgan fingerprint density at radius 1 is 0.900 bits per heavy atom. The van der Waals surface area contributed by atoms with E-state index in [0.29, 0.717) is 25.7 Å². The van der Waals surface area contributed by atoms with Gasteiger partial charge in [-0.2, -0.15) is 0 Å². The van der Waals surface area contributed by atoms with E-state index >= 15 is 0 Å². The smallest absolute Gasteiger partial charge is 0.383 e. The van der Waals surface area contributed by atoms with Crippen LogP contribution in [0.4, 0.5) is 0 Å². The average molecular weight is 284 g/mol. The van der Waals surface area contributed by atoms with E-state index in [0.717, 1.165) is 19.8 Å². The minimum absolute atomic E-state index is 0.324. The molecule has 0 rings (SSSR count). The fraction of sp³-hybridized carbons (Fsp3) is 0.733. The summed E-state index contributed by atoms with van der Waals surface area (Å²) in [5.74, 6) is -3.28. The van der Waals surface area contributed by atoms with Crippen LogP contribution in [0.3, 0.4) is 0 Å². The van der Waals surface area contributed by atoms with Crippen molar-refractivity contribution in [2.45, 2.75) is 66.2 Å². The van der Waals surface area contributed by atoms with Crippen molar-refractivity contribution in [3.8, 4) is 0 Å². The van der Waals surface area contributed by atoms with Crippen LogP contribution in [-0.2, 0) is 23.9 Å². The molecule has 0 aromatic heterocycles. The Bertz CT molecular complexity index is 376. The fourth-order valence-electron chi connectivity index (χ4n) is 2.19. The first kappa shape index (κ1) is 18.5. The lowest BCUT2D eigenvalue weighted by molar-refractivity contribution is -0.168. The molecule has 0 radical (unpaired) electrons. The first-order chi connectivity index (χ1) is 9.31. The van der Waals surface area contributed by atoms with Gasteiger partial charge in [0.15, 0.2) is 0 Å². The molecule has 0 atom stereocenters. The lowest BCUT2D eigenvalue weighted by Crippen LogP contribution is -2.43. The van der Waals surface area contributed by atoms with Crippen molar-refractivity contribution in [2.75, 3.05) is 0 Å². The first-order valence-electron chi connectivity index (χ1n) is 7.10. The van der Waals surface area contributed by atoms with Gasteiger partial charge in [-0.05, 0) is 19.8 Å². The molecule has 0 spiro atoms. The molecular weight excluding hydrogens is 260 g/mol. The van der Waals surface area contributed by atoms with Crippen LogP contribution in [0, 0.1) is 5.41 Å². The zero-order valence-electron chi connectivity index (χ0n) is 12.8. The van der Waals surface area contributed by atoms with Crippen molar-refractivity contribution in [3.05, 3.63) is 0 Å². The van der Waals surface area contributed by atoms with E-state index in [1.54, 1.807) is 0 Å². The zero-order chi connectivity index (χ0) is 15.8. The molecule has 0 bridgehead atoms. The van der Waals surface area contributed by atoms with Gasteiger partial charge < -0.3 is 4.74 Å². The van der Waals surface area contributed by atoms with E-state index in [4.69, 9.17) is 0 Å². The molecule has 5 nitrogen and oxygen atoms in total. The second-order valence-electron chi connectivity index (χ2n) is 5.06. The molecule has 0 heterocycles. The van der Waals surface area contributed by atoms with Crippen molar-refractivity contribution in [3.63, 3.8) is 0 Å². The molecule has 0 aromatic carbocycles. The van der Waals surface area contributed by atoms with Gasteiger partial charge in [0.25, 0.3) is 5.78 Å². The highest BCUT2D eigenvalue weighted by Crippen LogP contribution is 2.34. The Labute approximate surface area is 120 Å². The molecule has 20 heavy (non-hydrogen) atoms. The van der Waals surface area contributed by atoms with Crippen molar-refractivity contribution >= 4 is 23.5 Å². The largest absolute Gasteiger partial charge is 0.387 e. The molecule has 0 saturated carbocycles. The number of hydrogen-bond acceptors (Lipinski definition) is 5. The van der Waals surface area contributed by atoms with Crippen molar-refractivity contribution in [1.29, 1.82) is 0 Å². The molecule has 0 saturated heterocycles. The van der Waals surface area contributed by atoms with Gasteiger partial charge in [0.2, 0.25) is 0 Å². The summed E-state index contributed by atoms with van der Waals surface area (Å²) in [6.07, 6.45) is 3.62. The van der Waals surface area contributed by atoms with Crippen LogP contribution >= 0.6 is 0 Å². The van der Waals surface area contributed by atoms with E-state index in [1.807, 2.05) is 13.8 Å². The number of carbonyl (C=O) groups excluding carboxylic acids is 4. The SMILES string of the molecule is CCCCC(CCCC)(C(C)=O)C(=O)C(=O)OC(C)=O. The van der Waals surface area contributed by atoms with Crippen LogP contribution < -0.4 is 0 Å². The van der Waals surface area contributed by atoms with Crippen LogP contribution in [-0.4, -0.2) is 23.5 Å². The second-order valence-corrected chi connectivity index (χ2v) is 5.06. The van der Waals surface area contributed by atoms with Gasteiger partial charge in [-0.25, -0.2) is 4.79 Å². The van der Waals surface area contributed by atoms with Crippen LogP contribution in [0.15, 0.2) is 0 Å². The molecular formula is C15H24O5. The van der Waals surface area contributed by atoms with Gasteiger partial charge in [-0.3, -0.25) is 14.4 Å². The molecule has 0 amide bonds. The quantitative estimate of drug-likeness (QED) is 0.369. The molecule has 0 fully saturated rings. The van der Waals surface area contributed by atoms with Crippen LogP contribution in [0.25, 0.3) is 0 Å². The summed E-state index contributed by atoms with van der Waals surface area (Å²) in [5, 5.41) is 0. The van der Waals surface area contributed by atoms with Crippen molar-refractivity contribution < 1.29 is 23.9 Å². The molecule has 114 valence electrons. The maximum Gasteiger partial charge on any atom is 0.383 e. The minimum Gasteiger partial charge on any atom is -0.387 e. The Morgan fingerprint density at radius 3 is 1.65 bits per heavy atom. The number of Topliss-reactive ketones (excluding diaryl/α,β-unsaturated/α-hetero) is 2. The Kier molecular flexibility index (Phi) is 7.96. The van der Waals surface area contributed by atoms with E-state index in [9.17, 15) is 19.2 Å².